The second-order valence-electron chi connectivity index (χ2n) is 4.46. The topological polar surface area (TPSA) is 29.1 Å². The molecular weight excluding hydrogens is 209 g/mol. The van der Waals surface area contributed by atoms with Gasteiger partial charge in [-0.2, -0.15) is 0 Å². The fourth-order valence-corrected chi connectivity index (χ4v) is 2.24. The quantitative estimate of drug-likeness (QED) is 0.781. The first kappa shape index (κ1) is 13.6. The molecule has 0 saturated carbocycles. The van der Waals surface area contributed by atoms with Gasteiger partial charge in [-0.3, -0.25) is 4.79 Å². The van der Waals surface area contributed by atoms with Crippen molar-refractivity contribution in [2.24, 2.45) is 0 Å². The Hall–Kier alpha value is -1.51. The van der Waals surface area contributed by atoms with Gasteiger partial charge >= 0.3 is 0 Å². The van der Waals surface area contributed by atoms with E-state index in [1.54, 1.807) is 0 Å². The highest BCUT2D eigenvalue weighted by Gasteiger charge is 2.14. The third-order valence-electron chi connectivity index (χ3n) is 2.81. The monoisotopic (exact) mass is 227 g/mol. The second-order valence-corrected chi connectivity index (χ2v) is 4.46. The van der Waals surface area contributed by atoms with Crippen molar-refractivity contribution in [1.29, 1.82) is 0 Å². The highest BCUT2D eigenvalue weighted by molar-refractivity contribution is 6.33. The van der Waals surface area contributed by atoms with E-state index in [1.807, 2.05) is 26.8 Å². The van der Waals surface area contributed by atoms with Crippen LogP contribution >= 0.6 is 0 Å². The summed E-state index contributed by atoms with van der Waals surface area (Å²) in [4.78, 5) is 11.5. The van der Waals surface area contributed by atoms with Gasteiger partial charge in [-0.25, -0.2) is 0 Å². The van der Waals surface area contributed by atoms with Crippen LogP contribution in [0.2, 0.25) is 0 Å². The predicted molar refractivity (Wildman–Crippen MR) is 72.7 cm³/mol. The zero-order valence-corrected chi connectivity index (χ0v) is 10.7. The van der Waals surface area contributed by atoms with Crippen LogP contribution in [0, 0.1) is 13.8 Å². The van der Waals surface area contributed by atoms with Crippen LogP contribution in [0.4, 0.5) is 0 Å². The van der Waals surface area contributed by atoms with Crippen LogP contribution in [-0.2, 0) is 4.79 Å². The summed E-state index contributed by atoms with van der Waals surface area (Å²) in [7, 11) is 6.02. The van der Waals surface area contributed by atoms with E-state index in [9.17, 15) is 4.79 Å². The zero-order chi connectivity index (χ0) is 13.0. The summed E-state index contributed by atoms with van der Waals surface area (Å²) in [6, 6.07) is 4.04. The van der Waals surface area contributed by atoms with Crippen LogP contribution in [0.3, 0.4) is 0 Å². The van der Waals surface area contributed by atoms with E-state index in [-0.39, 0.29) is 11.8 Å². The maximum absolute atomic E-state index is 11.5. The van der Waals surface area contributed by atoms with Gasteiger partial charge in [0, 0.05) is 6.42 Å². The van der Waals surface area contributed by atoms with Gasteiger partial charge in [0.1, 0.15) is 7.85 Å². The van der Waals surface area contributed by atoms with Gasteiger partial charge in [-0.15, -0.1) is 0 Å². The van der Waals surface area contributed by atoms with Crippen LogP contribution in [0.25, 0.3) is 0 Å². The molecule has 0 heterocycles. The minimum atomic E-state index is -0.0353. The minimum Gasteiger partial charge on any atom is -0.333 e. The number of rotatable bonds is 4. The Morgan fingerprint density at radius 3 is 2.71 bits per heavy atom. The summed E-state index contributed by atoms with van der Waals surface area (Å²) in [5.74, 6) is 0.0717. The molecule has 3 heteroatoms. The molecule has 0 saturated heterocycles. The van der Waals surface area contributed by atoms with Gasteiger partial charge in [-0.05, 0) is 37.1 Å². The van der Waals surface area contributed by atoms with Crippen LogP contribution in [-0.4, -0.2) is 13.8 Å². The van der Waals surface area contributed by atoms with E-state index >= 15 is 0 Å². The van der Waals surface area contributed by atoms with Crippen molar-refractivity contribution < 1.29 is 4.79 Å². The summed E-state index contributed by atoms with van der Waals surface area (Å²) in [5, 5.41) is 2.58. The van der Waals surface area contributed by atoms with Crippen LogP contribution in [0.5, 0.6) is 0 Å². The van der Waals surface area contributed by atoms with Gasteiger partial charge in [-0.1, -0.05) is 36.7 Å². The zero-order valence-electron chi connectivity index (χ0n) is 10.7. The van der Waals surface area contributed by atoms with Gasteiger partial charge in [0.05, 0.1) is 0 Å². The summed E-state index contributed by atoms with van der Waals surface area (Å²) in [6.07, 6.45) is 1.82. The highest BCUT2D eigenvalue weighted by Crippen LogP contribution is 2.21. The standard InChI is InChI=1S/C14H18BNO/c1-5-16-13(17)8-11(4)14-10(3)6-9(2)7-12(14)15/h5-7,11H,1,8H2,2-4H3,(H,16,17). The summed E-state index contributed by atoms with van der Waals surface area (Å²) >= 11 is 0. The molecule has 0 bridgehead atoms. The Bertz CT molecular complexity index is 417. The lowest BCUT2D eigenvalue weighted by molar-refractivity contribution is -0.120. The van der Waals surface area contributed by atoms with Crippen molar-refractivity contribution >= 4 is 19.2 Å². The first-order valence-electron chi connectivity index (χ1n) is 5.72. The van der Waals surface area contributed by atoms with Gasteiger partial charge in [0.25, 0.3) is 0 Å². The van der Waals surface area contributed by atoms with Gasteiger partial charge in [0.2, 0.25) is 5.91 Å². The predicted octanol–water partition coefficient (Wildman–Crippen LogP) is 1.85. The molecule has 1 aromatic rings. The molecule has 88 valence electrons. The van der Waals surface area contributed by atoms with Crippen molar-refractivity contribution in [2.45, 2.75) is 33.1 Å². The summed E-state index contributed by atoms with van der Waals surface area (Å²) < 4.78 is 0. The number of hydrogen-bond acceptors (Lipinski definition) is 1. The molecule has 0 aliphatic heterocycles. The number of benzene rings is 1. The third-order valence-corrected chi connectivity index (χ3v) is 2.81. The molecule has 1 amide bonds. The minimum absolute atomic E-state index is 0.0353. The van der Waals surface area contributed by atoms with Crippen LogP contribution < -0.4 is 10.8 Å². The Morgan fingerprint density at radius 1 is 1.53 bits per heavy atom. The number of nitrogens with one attached hydrogen (secondary N) is 1. The fourth-order valence-electron chi connectivity index (χ4n) is 2.24. The van der Waals surface area contributed by atoms with E-state index < -0.39 is 0 Å². The van der Waals surface area contributed by atoms with Crippen LogP contribution in [0.15, 0.2) is 24.9 Å². The second kappa shape index (κ2) is 5.71. The first-order valence-corrected chi connectivity index (χ1v) is 5.72. The lowest BCUT2D eigenvalue weighted by atomic mass is 9.80. The molecule has 0 spiro atoms. The van der Waals surface area contributed by atoms with Crippen molar-refractivity contribution in [3.8, 4) is 0 Å². The number of amides is 1. The molecule has 0 aliphatic carbocycles. The molecule has 0 aromatic heterocycles. The maximum atomic E-state index is 11.5. The first-order chi connectivity index (χ1) is 7.95. The molecule has 0 fully saturated rings. The Morgan fingerprint density at radius 2 is 2.18 bits per heavy atom. The molecular formula is C14H18BNO. The number of carbonyl (C=O) groups is 1. The summed E-state index contributed by atoms with van der Waals surface area (Å²) in [5.41, 5.74) is 4.11. The van der Waals surface area contributed by atoms with Crippen LogP contribution in [0.1, 0.15) is 36.0 Å². The SMILES string of the molecule is [B]c1cc(C)cc(C)c1C(C)CC(=O)NC=C. The molecule has 1 unspecified atom stereocenters. The molecule has 1 atom stereocenters. The number of aryl methyl sites for hydroxylation is 2. The highest BCUT2D eigenvalue weighted by atomic mass is 16.1. The third kappa shape index (κ3) is 3.48. The van der Waals surface area contributed by atoms with E-state index in [0.717, 1.165) is 22.2 Å². The Kier molecular flexibility index (Phi) is 4.56. The molecule has 17 heavy (non-hydrogen) atoms. The lowest BCUT2D eigenvalue weighted by Gasteiger charge is -2.18. The maximum Gasteiger partial charge on any atom is 0.224 e. The van der Waals surface area contributed by atoms with Crippen molar-refractivity contribution in [2.75, 3.05) is 0 Å². The van der Waals surface area contributed by atoms with E-state index in [0.29, 0.717) is 6.42 Å². The number of hydrogen-bond donors (Lipinski definition) is 1. The smallest absolute Gasteiger partial charge is 0.224 e. The fraction of sp³-hybridized carbons (Fsp3) is 0.357. The molecule has 1 N–H and O–H groups in total. The van der Waals surface area contributed by atoms with Gasteiger partial charge in [0.15, 0.2) is 0 Å². The van der Waals surface area contributed by atoms with E-state index in [4.69, 9.17) is 7.85 Å². The largest absolute Gasteiger partial charge is 0.333 e. The van der Waals surface area contributed by atoms with E-state index in [2.05, 4.69) is 18.0 Å². The average Bonchev–Trinajstić information content (AvgIpc) is 2.15. The lowest BCUT2D eigenvalue weighted by Crippen LogP contribution is -2.22. The molecule has 1 aromatic carbocycles. The molecule has 2 radical (unpaired) electrons. The summed E-state index contributed by atoms with van der Waals surface area (Å²) in [6.45, 7) is 9.53. The van der Waals surface area contributed by atoms with Crippen molar-refractivity contribution in [1.82, 2.24) is 5.32 Å². The molecule has 2 nitrogen and oxygen atoms in total. The van der Waals surface area contributed by atoms with Crippen molar-refractivity contribution in [3.05, 3.63) is 41.6 Å². The normalized spacial score (nSPS) is 11.9. The Labute approximate surface area is 105 Å². The van der Waals surface area contributed by atoms with E-state index in [1.165, 1.54) is 6.20 Å². The Balaban J connectivity index is 2.92. The molecule has 1 rings (SSSR count). The average molecular weight is 227 g/mol. The van der Waals surface area contributed by atoms with Crippen molar-refractivity contribution in [3.63, 3.8) is 0 Å². The van der Waals surface area contributed by atoms with Gasteiger partial charge < -0.3 is 5.32 Å². The molecule has 0 aliphatic rings. The number of carbonyl (C=O) groups excluding carboxylic acids is 1.